The predicted octanol–water partition coefficient (Wildman–Crippen LogP) is 3.03. The standard InChI is InChI=1S/C19H20F3N5O3/c1-2-30-18(29)23-15-7-8-16(25-24-15)26-9-11-27(12-10-26)17(28)13-5-3-4-6-14(13)19(20,21)22/h3-8H,2,9-12H2,1H3,(H,23,24,29). The number of nitrogens with zero attached hydrogens (tertiary/aromatic N) is 4. The van der Waals surface area contributed by atoms with Gasteiger partial charge in [0.2, 0.25) is 0 Å². The van der Waals surface area contributed by atoms with E-state index in [0.29, 0.717) is 18.9 Å². The van der Waals surface area contributed by atoms with Gasteiger partial charge in [0.1, 0.15) is 0 Å². The summed E-state index contributed by atoms with van der Waals surface area (Å²) in [5.41, 5.74) is -1.29. The summed E-state index contributed by atoms with van der Waals surface area (Å²) in [4.78, 5) is 27.3. The number of amides is 2. The van der Waals surface area contributed by atoms with E-state index in [1.165, 1.54) is 23.1 Å². The first-order valence-corrected chi connectivity index (χ1v) is 9.27. The van der Waals surface area contributed by atoms with Gasteiger partial charge in [-0.05, 0) is 31.2 Å². The second-order valence-electron chi connectivity index (χ2n) is 6.44. The molecule has 160 valence electrons. The van der Waals surface area contributed by atoms with Crippen molar-refractivity contribution in [1.29, 1.82) is 0 Å². The summed E-state index contributed by atoms with van der Waals surface area (Å²) in [5.74, 6) is 0.115. The Hall–Kier alpha value is -3.37. The molecule has 0 unspecified atom stereocenters. The normalized spacial score (nSPS) is 14.4. The molecule has 1 N–H and O–H groups in total. The van der Waals surface area contributed by atoms with Crippen LogP contribution in [0.1, 0.15) is 22.8 Å². The van der Waals surface area contributed by atoms with Crippen molar-refractivity contribution in [2.24, 2.45) is 0 Å². The van der Waals surface area contributed by atoms with E-state index in [9.17, 15) is 22.8 Å². The van der Waals surface area contributed by atoms with Gasteiger partial charge in [-0.2, -0.15) is 13.2 Å². The molecule has 0 aliphatic carbocycles. The molecule has 0 atom stereocenters. The number of carbonyl (C=O) groups excluding carboxylic acids is 2. The zero-order chi connectivity index (χ0) is 21.7. The van der Waals surface area contributed by atoms with Crippen LogP contribution in [-0.4, -0.2) is 59.9 Å². The summed E-state index contributed by atoms with van der Waals surface area (Å²) in [7, 11) is 0. The molecule has 0 saturated carbocycles. The number of aromatic nitrogens is 2. The van der Waals surface area contributed by atoms with Crippen LogP contribution in [0, 0.1) is 0 Å². The van der Waals surface area contributed by atoms with Crippen molar-refractivity contribution in [2.45, 2.75) is 13.1 Å². The zero-order valence-corrected chi connectivity index (χ0v) is 16.1. The van der Waals surface area contributed by atoms with Gasteiger partial charge >= 0.3 is 12.3 Å². The molecule has 30 heavy (non-hydrogen) atoms. The van der Waals surface area contributed by atoms with Crippen LogP contribution in [0.2, 0.25) is 0 Å². The fraction of sp³-hybridized carbons (Fsp3) is 0.368. The van der Waals surface area contributed by atoms with Crippen molar-refractivity contribution < 1.29 is 27.5 Å². The summed E-state index contributed by atoms with van der Waals surface area (Å²) in [6.45, 7) is 3.18. The molecule has 1 aromatic carbocycles. The lowest BCUT2D eigenvalue weighted by Gasteiger charge is -2.35. The molecule has 1 aliphatic rings. The molecular formula is C19H20F3N5O3. The van der Waals surface area contributed by atoms with Crippen LogP contribution in [0.25, 0.3) is 0 Å². The van der Waals surface area contributed by atoms with E-state index < -0.39 is 23.7 Å². The average molecular weight is 423 g/mol. The minimum absolute atomic E-state index is 0.230. The smallest absolute Gasteiger partial charge is 0.417 e. The van der Waals surface area contributed by atoms with E-state index in [1.807, 2.05) is 4.90 Å². The number of piperazine rings is 1. The maximum absolute atomic E-state index is 13.2. The summed E-state index contributed by atoms with van der Waals surface area (Å²) in [6.07, 6.45) is -5.23. The van der Waals surface area contributed by atoms with Gasteiger partial charge in [-0.3, -0.25) is 10.1 Å². The van der Waals surface area contributed by atoms with E-state index in [1.54, 1.807) is 19.1 Å². The van der Waals surface area contributed by atoms with Crippen molar-refractivity contribution in [3.63, 3.8) is 0 Å². The van der Waals surface area contributed by atoms with Crippen molar-refractivity contribution in [2.75, 3.05) is 43.0 Å². The highest BCUT2D eigenvalue weighted by Gasteiger charge is 2.36. The van der Waals surface area contributed by atoms with Gasteiger partial charge in [0.25, 0.3) is 5.91 Å². The third-order valence-corrected chi connectivity index (χ3v) is 4.51. The number of carbonyl (C=O) groups is 2. The number of alkyl halides is 3. The molecule has 1 fully saturated rings. The Labute approximate surface area is 170 Å². The van der Waals surface area contributed by atoms with Crippen molar-refractivity contribution in [3.8, 4) is 0 Å². The molecule has 0 radical (unpaired) electrons. The highest BCUT2D eigenvalue weighted by molar-refractivity contribution is 5.96. The van der Waals surface area contributed by atoms with Gasteiger partial charge in [-0.25, -0.2) is 4.79 Å². The highest BCUT2D eigenvalue weighted by Crippen LogP contribution is 2.32. The van der Waals surface area contributed by atoms with Crippen molar-refractivity contribution in [1.82, 2.24) is 15.1 Å². The molecule has 11 heteroatoms. The molecule has 0 spiro atoms. The van der Waals surface area contributed by atoms with Crippen LogP contribution in [0.15, 0.2) is 36.4 Å². The predicted molar refractivity (Wildman–Crippen MR) is 102 cm³/mol. The second kappa shape index (κ2) is 8.97. The Balaban J connectivity index is 1.61. The first kappa shape index (κ1) is 21.3. The van der Waals surface area contributed by atoms with Gasteiger partial charge in [0.15, 0.2) is 11.6 Å². The number of rotatable bonds is 4. The van der Waals surface area contributed by atoms with E-state index in [4.69, 9.17) is 4.74 Å². The van der Waals surface area contributed by atoms with Gasteiger partial charge in [0, 0.05) is 26.2 Å². The molecule has 8 nitrogen and oxygen atoms in total. The molecule has 3 rings (SSSR count). The van der Waals surface area contributed by atoms with Crippen molar-refractivity contribution >= 4 is 23.6 Å². The number of halogens is 3. The van der Waals surface area contributed by atoms with Gasteiger partial charge in [0.05, 0.1) is 17.7 Å². The number of ether oxygens (including phenoxy) is 1. The SMILES string of the molecule is CCOC(=O)Nc1ccc(N2CCN(C(=O)c3ccccc3C(F)(F)F)CC2)nn1. The van der Waals surface area contributed by atoms with E-state index in [0.717, 1.165) is 6.07 Å². The Morgan fingerprint density at radius 3 is 2.37 bits per heavy atom. The fourth-order valence-electron chi connectivity index (χ4n) is 3.06. The highest BCUT2D eigenvalue weighted by atomic mass is 19.4. The number of hydrogen-bond donors (Lipinski definition) is 1. The molecule has 1 aliphatic heterocycles. The van der Waals surface area contributed by atoms with Crippen LogP contribution < -0.4 is 10.2 Å². The van der Waals surface area contributed by atoms with Gasteiger partial charge in [-0.1, -0.05) is 12.1 Å². The quantitative estimate of drug-likeness (QED) is 0.814. The number of hydrogen-bond acceptors (Lipinski definition) is 6. The Morgan fingerprint density at radius 2 is 1.77 bits per heavy atom. The number of anilines is 2. The lowest BCUT2D eigenvalue weighted by molar-refractivity contribution is -0.138. The summed E-state index contributed by atoms with van der Waals surface area (Å²) in [6, 6.07) is 8.00. The van der Waals surface area contributed by atoms with Gasteiger partial charge in [-0.15, -0.1) is 10.2 Å². The molecule has 1 aromatic heterocycles. The van der Waals surface area contributed by atoms with Crippen LogP contribution in [0.3, 0.4) is 0 Å². The molecule has 2 heterocycles. The lowest BCUT2D eigenvalue weighted by atomic mass is 10.1. The van der Waals surface area contributed by atoms with E-state index in [2.05, 4.69) is 15.5 Å². The van der Waals surface area contributed by atoms with Crippen molar-refractivity contribution in [3.05, 3.63) is 47.5 Å². The fourth-order valence-corrected chi connectivity index (χ4v) is 3.06. The molecule has 0 bridgehead atoms. The third-order valence-electron chi connectivity index (χ3n) is 4.51. The Kier molecular flexibility index (Phi) is 6.38. The molecule has 2 amide bonds. The third kappa shape index (κ3) is 4.97. The lowest BCUT2D eigenvalue weighted by Crippen LogP contribution is -2.49. The summed E-state index contributed by atoms with van der Waals surface area (Å²) >= 11 is 0. The second-order valence-corrected chi connectivity index (χ2v) is 6.44. The van der Waals surface area contributed by atoms with Crippen LogP contribution >= 0.6 is 0 Å². The largest absolute Gasteiger partial charge is 0.450 e. The van der Waals surface area contributed by atoms with Crippen LogP contribution in [0.4, 0.5) is 29.6 Å². The van der Waals surface area contributed by atoms with E-state index >= 15 is 0 Å². The summed E-state index contributed by atoms with van der Waals surface area (Å²) in [5, 5.41) is 10.4. The summed E-state index contributed by atoms with van der Waals surface area (Å²) < 4.78 is 44.3. The molecular weight excluding hydrogens is 403 g/mol. The van der Waals surface area contributed by atoms with E-state index in [-0.39, 0.29) is 31.1 Å². The maximum Gasteiger partial charge on any atom is 0.417 e. The average Bonchev–Trinajstić information content (AvgIpc) is 2.73. The first-order valence-electron chi connectivity index (χ1n) is 9.27. The minimum atomic E-state index is -4.59. The number of nitrogens with one attached hydrogen (secondary N) is 1. The minimum Gasteiger partial charge on any atom is -0.450 e. The molecule has 2 aromatic rings. The Morgan fingerprint density at radius 1 is 1.07 bits per heavy atom. The zero-order valence-electron chi connectivity index (χ0n) is 16.1. The Bertz CT molecular complexity index is 897. The molecule has 1 saturated heterocycles. The number of benzene rings is 1. The van der Waals surface area contributed by atoms with Crippen LogP contribution in [-0.2, 0) is 10.9 Å². The monoisotopic (exact) mass is 423 g/mol. The van der Waals surface area contributed by atoms with Crippen LogP contribution in [0.5, 0.6) is 0 Å². The topological polar surface area (TPSA) is 87.7 Å². The first-order chi connectivity index (χ1) is 14.3. The maximum atomic E-state index is 13.2. The van der Waals surface area contributed by atoms with Gasteiger partial charge < -0.3 is 14.5 Å².